The Labute approximate surface area is 200 Å². The Morgan fingerprint density at radius 2 is 1.94 bits per heavy atom. The molecule has 0 radical (unpaired) electrons. The molecule has 3 aliphatic rings. The Morgan fingerprint density at radius 3 is 2.56 bits per heavy atom. The van der Waals surface area contributed by atoms with Crippen LogP contribution in [0.1, 0.15) is 46.0 Å². The number of aliphatic hydroxyl groups excluding tert-OH is 1. The molecule has 3 N–H and O–H groups in total. The van der Waals surface area contributed by atoms with E-state index in [1.54, 1.807) is 31.4 Å². The third kappa shape index (κ3) is 3.75. The molecule has 1 spiro atoms. The monoisotopic (exact) mass is 473 g/mol. The minimum atomic E-state index is -1.06. The van der Waals surface area contributed by atoms with Crippen molar-refractivity contribution in [2.45, 2.75) is 63.2 Å². The van der Waals surface area contributed by atoms with Crippen molar-refractivity contribution in [1.29, 1.82) is 0 Å². The predicted octanol–water partition coefficient (Wildman–Crippen LogP) is 1.70. The van der Waals surface area contributed by atoms with E-state index in [4.69, 9.17) is 9.47 Å². The van der Waals surface area contributed by atoms with Gasteiger partial charge < -0.3 is 30.1 Å². The normalized spacial score (nSPS) is 31.5. The number of nitrogens with one attached hydrogen (secondary N) is 2. The van der Waals surface area contributed by atoms with Crippen molar-refractivity contribution in [1.82, 2.24) is 10.2 Å². The lowest BCUT2D eigenvalue weighted by atomic mass is 9.65. The third-order valence-corrected chi connectivity index (χ3v) is 7.68. The number of nitrogens with zero attached hydrogens (tertiary/aromatic N) is 1. The molecule has 186 valence electrons. The molecule has 3 aliphatic heterocycles. The van der Waals surface area contributed by atoms with Gasteiger partial charge in [0.2, 0.25) is 17.7 Å². The van der Waals surface area contributed by atoms with Gasteiger partial charge in [0.15, 0.2) is 0 Å². The minimum Gasteiger partial charge on any atom is -0.497 e. The van der Waals surface area contributed by atoms with Gasteiger partial charge in [-0.2, -0.15) is 0 Å². The van der Waals surface area contributed by atoms with Crippen LogP contribution in [0.4, 0.5) is 5.69 Å². The number of ether oxygens (including phenoxy) is 2. The van der Waals surface area contributed by atoms with Crippen LogP contribution in [0.5, 0.6) is 5.75 Å². The summed E-state index contributed by atoms with van der Waals surface area (Å²) in [5.41, 5.74) is -1.23. The molecular weight excluding hydrogens is 438 g/mol. The van der Waals surface area contributed by atoms with Crippen molar-refractivity contribution in [2.75, 3.05) is 32.1 Å². The highest BCUT2D eigenvalue weighted by Crippen LogP contribution is 2.64. The number of carbonyl (C=O) groups is 3. The number of methoxy groups -OCH3 is 1. The van der Waals surface area contributed by atoms with E-state index < -0.39 is 29.1 Å². The summed E-state index contributed by atoms with van der Waals surface area (Å²) < 4.78 is 11.8. The quantitative estimate of drug-likeness (QED) is 0.476. The van der Waals surface area contributed by atoms with Gasteiger partial charge >= 0.3 is 0 Å². The van der Waals surface area contributed by atoms with Gasteiger partial charge in [0.1, 0.15) is 17.4 Å². The van der Waals surface area contributed by atoms with Crippen molar-refractivity contribution in [3.63, 3.8) is 0 Å². The zero-order valence-corrected chi connectivity index (χ0v) is 20.1. The van der Waals surface area contributed by atoms with Crippen LogP contribution in [0, 0.1) is 11.8 Å². The number of fused-ring (bicyclic) bond motifs is 1. The fourth-order valence-corrected chi connectivity index (χ4v) is 6.14. The molecule has 3 saturated heterocycles. The van der Waals surface area contributed by atoms with E-state index in [2.05, 4.69) is 10.6 Å². The largest absolute Gasteiger partial charge is 0.497 e. The Balaban J connectivity index is 1.69. The van der Waals surface area contributed by atoms with Gasteiger partial charge in [-0.3, -0.25) is 14.4 Å². The van der Waals surface area contributed by atoms with E-state index in [1.165, 1.54) is 4.90 Å². The Bertz CT molecular complexity index is 937. The molecule has 5 atom stereocenters. The second-order valence-corrected chi connectivity index (χ2v) is 9.45. The van der Waals surface area contributed by atoms with Crippen LogP contribution in [0.15, 0.2) is 24.3 Å². The van der Waals surface area contributed by atoms with Crippen molar-refractivity contribution in [2.24, 2.45) is 11.8 Å². The van der Waals surface area contributed by atoms with Crippen LogP contribution in [0.3, 0.4) is 0 Å². The molecule has 4 rings (SSSR count). The fourth-order valence-electron chi connectivity index (χ4n) is 6.14. The van der Waals surface area contributed by atoms with Gasteiger partial charge in [-0.25, -0.2) is 0 Å². The second-order valence-electron chi connectivity index (χ2n) is 9.45. The summed E-state index contributed by atoms with van der Waals surface area (Å²) >= 11 is 0. The Morgan fingerprint density at radius 1 is 1.21 bits per heavy atom. The predicted molar refractivity (Wildman–Crippen MR) is 125 cm³/mol. The lowest BCUT2D eigenvalue weighted by molar-refractivity contribution is -0.146. The number of carbonyl (C=O) groups excluding carboxylic acids is 3. The van der Waals surface area contributed by atoms with Crippen LogP contribution < -0.4 is 15.4 Å². The number of rotatable bonds is 10. The van der Waals surface area contributed by atoms with Gasteiger partial charge in [0, 0.05) is 25.4 Å². The molecule has 3 amide bonds. The first-order chi connectivity index (χ1) is 16.4. The molecule has 2 unspecified atom stereocenters. The maximum Gasteiger partial charge on any atom is 0.250 e. The zero-order chi connectivity index (χ0) is 24.5. The Hall–Kier alpha value is -2.65. The highest BCUT2D eigenvalue weighted by Gasteiger charge is 2.78. The highest BCUT2D eigenvalue weighted by molar-refractivity contribution is 6.03. The number of hydrogen-bond acceptors (Lipinski definition) is 6. The van der Waals surface area contributed by atoms with Crippen molar-refractivity contribution in [3.8, 4) is 5.75 Å². The maximum absolute atomic E-state index is 13.8. The van der Waals surface area contributed by atoms with E-state index >= 15 is 0 Å². The SMILES string of the molecule is CCCNC(=O)[C@@H]1[C@H]2C(=O)N(CCCO)C(C(=O)Nc3ccc(OC)cc3)C23CC[C@@]1(CC)O3. The Kier molecular flexibility index (Phi) is 6.87. The van der Waals surface area contributed by atoms with Gasteiger partial charge in [0.25, 0.3) is 0 Å². The summed E-state index contributed by atoms with van der Waals surface area (Å²) in [6.45, 7) is 4.60. The van der Waals surface area contributed by atoms with E-state index in [0.29, 0.717) is 43.7 Å². The highest BCUT2D eigenvalue weighted by atomic mass is 16.5. The molecule has 3 heterocycles. The average molecular weight is 474 g/mol. The second kappa shape index (κ2) is 9.54. The van der Waals surface area contributed by atoms with E-state index in [1.807, 2.05) is 13.8 Å². The number of aliphatic hydroxyl groups is 1. The number of likely N-dealkylation sites (tertiary alicyclic amines) is 1. The summed E-state index contributed by atoms with van der Waals surface area (Å²) in [7, 11) is 1.57. The first-order valence-corrected chi connectivity index (χ1v) is 12.2. The standard InChI is InChI=1S/C25H35N3O6/c1-4-13-26-21(30)18-19-23(32)28(14-6-15-29)20(25(19)12-11-24(18,5-2)34-25)22(31)27-16-7-9-17(33-3)10-8-16/h7-10,18-20,29H,4-6,11-15H2,1-3H3,(H,26,30)(H,27,31)/t18-,19-,20?,24+,25?/m0/s1. The van der Waals surface area contributed by atoms with Gasteiger partial charge in [-0.05, 0) is 56.4 Å². The lowest BCUT2D eigenvalue weighted by Gasteiger charge is -2.34. The van der Waals surface area contributed by atoms with Crippen LogP contribution in [-0.2, 0) is 19.1 Å². The number of hydrogen-bond donors (Lipinski definition) is 3. The molecule has 0 aliphatic carbocycles. The molecule has 2 bridgehead atoms. The smallest absolute Gasteiger partial charge is 0.250 e. The molecule has 3 fully saturated rings. The third-order valence-electron chi connectivity index (χ3n) is 7.68. The van der Waals surface area contributed by atoms with Crippen LogP contribution in [-0.4, -0.2) is 71.8 Å². The lowest BCUT2D eigenvalue weighted by Crippen LogP contribution is -2.53. The summed E-state index contributed by atoms with van der Waals surface area (Å²) in [6.07, 6.45) is 2.87. The van der Waals surface area contributed by atoms with Crippen LogP contribution in [0.2, 0.25) is 0 Å². The molecule has 0 saturated carbocycles. The summed E-state index contributed by atoms with van der Waals surface area (Å²) in [6, 6.07) is 6.09. The fraction of sp³-hybridized carbons (Fsp3) is 0.640. The molecule has 0 aromatic heterocycles. The van der Waals surface area contributed by atoms with Crippen LogP contribution >= 0.6 is 0 Å². The number of benzene rings is 1. The first kappa shape index (κ1) is 24.5. The van der Waals surface area contributed by atoms with E-state index in [9.17, 15) is 19.5 Å². The minimum absolute atomic E-state index is 0.103. The molecule has 1 aromatic rings. The molecule has 34 heavy (non-hydrogen) atoms. The van der Waals surface area contributed by atoms with Crippen molar-refractivity contribution >= 4 is 23.4 Å². The topological polar surface area (TPSA) is 117 Å². The van der Waals surface area contributed by atoms with Gasteiger partial charge in [-0.15, -0.1) is 0 Å². The maximum atomic E-state index is 13.8. The zero-order valence-electron chi connectivity index (χ0n) is 20.1. The van der Waals surface area contributed by atoms with Crippen molar-refractivity contribution in [3.05, 3.63) is 24.3 Å². The summed E-state index contributed by atoms with van der Waals surface area (Å²) in [4.78, 5) is 42.2. The average Bonchev–Trinajstić information content (AvgIpc) is 3.45. The number of amides is 3. The number of anilines is 1. The molecule has 9 nitrogen and oxygen atoms in total. The van der Waals surface area contributed by atoms with Gasteiger partial charge in [-0.1, -0.05) is 13.8 Å². The van der Waals surface area contributed by atoms with Crippen molar-refractivity contribution < 1.29 is 29.0 Å². The van der Waals surface area contributed by atoms with E-state index in [0.717, 1.165) is 6.42 Å². The first-order valence-electron chi connectivity index (χ1n) is 12.2. The van der Waals surface area contributed by atoms with Crippen LogP contribution in [0.25, 0.3) is 0 Å². The molecule has 1 aromatic carbocycles. The summed E-state index contributed by atoms with van der Waals surface area (Å²) in [5.74, 6) is -1.46. The van der Waals surface area contributed by atoms with Gasteiger partial charge in [0.05, 0.1) is 24.5 Å². The summed E-state index contributed by atoms with van der Waals surface area (Å²) in [5, 5.41) is 15.3. The molecule has 9 heteroatoms. The molecular formula is C25H35N3O6. The van der Waals surface area contributed by atoms with E-state index in [-0.39, 0.29) is 30.9 Å².